The second kappa shape index (κ2) is 3.49. The number of amidine groups is 1. The van der Waals surface area contributed by atoms with Crippen LogP contribution in [0.25, 0.3) is 0 Å². The Labute approximate surface area is 79.1 Å². The lowest BCUT2D eigenvalue weighted by molar-refractivity contribution is -0.121. The number of carbonyl (C=O) groups excluding carboxylic acids is 1. The smallest absolute Gasteiger partial charge is 0.284 e. The molecule has 1 N–H and O–H groups in total. The zero-order valence-corrected chi connectivity index (χ0v) is 9.18. The highest BCUT2D eigenvalue weighted by Crippen LogP contribution is 2.13. The number of aliphatic imine (C=N–C) groups is 1. The van der Waals surface area contributed by atoms with Crippen LogP contribution in [-0.2, 0) is 9.26 Å². The molecular formula is C8H14N2O2Si. The SMILES string of the molecule is CC[Si](=O)CC1=NC(=O)C(C)(C)N1. The van der Waals surface area contributed by atoms with Crippen molar-refractivity contribution in [2.75, 3.05) is 0 Å². The standard InChI is InChI=1S/C8H14N2O2Si/c1-4-13(12)5-6-9-7(11)8(2,3)10-6/h4-5H2,1-3H3,(H,9,10,11). The molecule has 0 saturated heterocycles. The van der Waals surface area contributed by atoms with Crippen molar-refractivity contribution in [3.63, 3.8) is 0 Å². The van der Waals surface area contributed by atoms with Crippen molar-refractivity contribution in [2.45, 2.75) is 38.4 Å². The van der Waals surface area contributed by atoms with Crippen LogP contribution in [0.5, 0.6) is 0 Å². The van der Waals surface area contributed by atoms with Crippen LogP contribution in [0.1, 0.15) is 20.8 Å². The number of hydrogen-bond donors (Lipinski definition) is 1. The molecule has 1 rings (SSSR count). The number of rotatable bonds is 3. The van der Waals surface area contributed by atoms with E-state index in [4.69, 9.17) is 0 Å². The summed E-state index contributed by atoms with van der Waals surface area (Å²) in [7, 11) is -1.58. The summed E-state index contributed by atoms with van der Waals surface area (Å²) in [6, 6.07) is 1.09. The topological polar surface area (TPSA) is 58.5 Å². The van der Waals surface area contributed by atoms with Gasteiger partial charge in [-0.2, -0.15) is 4.99 Å². The van der Waals surface area contributed by atoms with Gasteiger partial charge in [0.25, 0.3) is 14.6 Å². The fourth-order valence-electron chi connectivity index (χ4n) is 1.10. The van der Waals surface area contributed by atoms with E-state index in [1.54, 1.807) is 13.8 Å². The van der Waals surface area contributed by atoms with E-state index in [9.17, 15) is 9.26 Å². The largest absolute Gasteiger partial charge is 0.388 e. The van der Waals surface area contributed by atoms with Crippen LogP contribution < -0.4 is 5.32 Å². The number of nitrogens with one attached hydrogen (secondary N) is 1. The Morgan fingerprint density at radius 3 is 2.54 bits per heavy atom. The predicted molar refractivity (Wildman–Crippen MR) is 51.4 cm³/mol. The maximum absolute atomic E-state index is 11.2. The van der Waals surface area contributed by atoms with Crippen LogP contribution in [0.15, 0.2) is 4.99 Å². The lowest BCUT2D eigenvalue weighted by Crippen LogP contribution is -2.42. The van der Waals surface area contributed by atoms with Crippen molar-refractivity contribution in [1.29, 1.82) is 0 Å². The van der Waals surface area contributed by atoms with Gasteiger partial charge in [-0.05, 0) is 19.9 Å². The van der Waals surface area contributed by atoms with Crippen molar-refractivity contribution >= 4 is 20.4 Å². The minimum Gasteiger partial charge on any atom is -0.388 e. The van der Waals surface area contributed by atoms with E-state index >= 15 is 0 Å². The van der Waals surface area contributed by atoms with E-state index in [0.29, 0.717) is 17.9 Å². The zero-order valence-electron chi connectivity index (χ0n) is 8.18. The summed E-state index contributed by atoms with van der Waals surface area (Å²) >= 11 is 0. The van der Waals surface area contributed by atoms with Gasteiger partial charge in [-0.15, -0.1) is 0 Å². The Balaban J connectivity index is 2.62. The van der Waals surface area contributed by atoms with E-state index in [0.717, 1.165) is 0 Å². The van der Waals surface area contributed by atoms with E-state index in [1.807, 2.05) is 6.92 Å². The highest BCUT2D eigenvalue weighted by atomic mass is 28.3. The third-order valence-electron chi connectivity index (χ3n) is 1.99. The molecule has 0 saturated carbocycles. The van der Waals surface area contributed by atoms with Gasteiger partial charge in [0, 0.05) is 6.04 Å². The fraction of sp³-hybridized carbons (Fsp3) is 0.750. The summed E-state index contributed by atoms with van der Waals surface area (Å²) in [5, 5.41) is 2.97. The maximum Gasteiger partial charge on any atom is 0.284 e. The van der Waals surface area contributed by atoms with Crippen molar-refractivity contribution in [3.05, 3.63) is 0 Å². The Morgan fingerprint density at radius 1 is 1.54 bits per heavy atom. The van der Waals surface area contributed by atoms with Crippen LogP contribution in [0, 0.1) is 0 Å². The first kappa shape index (κ1) is 10.2. The Bertz CT molecular complexity index is 284. The van der Waals surface area contributed by atoms with E-state index in [2.05, 4.69) is 10.3 Å². The monoisotopic (exact) mass is 198 g/mol. The third kappa shape index (κ3) is 2.30. The molecule has 1 aliphatic heterocycles. The molecule has 5 heteroatoms. The van der Waals surface area contributed by atoms with Gasteiger partial charge in [-0.25, -0.2) is 0 Å². The molecular weight excluding hydrogens is 184 g/mol. The second-order valence-corrected chi connectivity index (χ2v) is 5.82. The minimum absolute atomic E-state index is 0.173. The van der Waals surface area contributed by atoms with Crippen LogP contribution in [-0.4, -0.2) is 26.0 Å². The molecule has 72 valence electrons. The van der Waals surface area contributed by atoms with Crippen LogP contribution >= 0.6 is 0 Å². The minimum atomic E-state index is -1.58. The van der Waals surface area contributed by atoms with Gasteiger partial charge in [-0.3, -0.25) is 4.79 Å². The van der Waals surface area contributed by atoms with Crippen LogP contribution in [0.3, 0.4) is 0 Å². The van der Waals surface area contributed by atoms with Crippen molar-refractivity contribution < 1.29 is 9.26 Å². The van der Waals surface area contributed by atoms with Gasteiger partial charge >= 0.3 is 0 Å². The molecule has 1 amide bonds. The van der Waals surface area contributed by atoms with Crippen molar-refractivity contribution in [3.8, 4) is 0 Å². The Morgan fingerprint density at radius 2 is 2.15 bits per heavy atom. The summed E-state index contributed by atoms with van der Waals surface area (Å²) < 4.78 is 11.2. The molecule has 0 aromatic heterocycles. The molecule has 0 spiro atoms. The van der Waals surface area contributed by atoms with Gasteiger partial charge in [0.1, 0.15) is 11.4 Å². The summed E-state index contributed by atoms with van der Waals surface area (Å²) in [5.74, 6) is 0.411. The van der Waals surface area contributed by atoms with E-state index < -0.39 is 14.2 Å². The van der Waals surface area contributed by atoms with E-state index in [-0.39, 0.29) is 5.91 Å². The van der Waals surface area contributed by atoms with Gasteiger partial charge in [0.15, 0.2) is 0 Å². The molecule has 1 heterocycles. The highest BCUT2D eigenvalue weighted by Gasteiger charge is 2.34. The normalized spacial score (nSPS) is 19.6. The zero-order chi connectivity index (χ0) is 10.1. The lowest BCUT2D eigenvalue weighted by atomic mass is 10.1. The Kier molecular flexibility index (Phi) is 2.75. The molecule has 0 bridgehead atoms. The molecule has 4 nitrogen and oxygen atoms in total. The molecule has 0 radical (unpaired) electrons. The molecule has 0 atom stereocenters. The van der Waals surface area contributed by atoms with Crippen LogP contribution in [0.2, 0.25) is 12.1 Å². The maximum atomic E-state index is 11.2. The summed E-state index contributed by atoms with van der Waals surface area (Å²) in [5.41, 5.74) is -0.606. The first-order valence-corrected chi connectivity index (χ1v) is 6.20. The first-order valence-electron chi connectivity index (χ1n) is 4.37. The number of hydrogen-bond acceptors (Lipinski definition) is 3. The summed E-state index contributed by atoms with van der Waals surface area (Å²) in [6.45, 7) is 5.42. The summed E-state index contributed by atoms with van der Waals surface area (Å²) in [4.78, 5) is 15.1. The molecule has 0 aromatic rings. The van der Waals surface area contributed by atoms with Gasteiger partial charge in [0.2, 0.25) is 0 Å². The third-order valence-corrected chi connectivity index (χ3v) is 3.50. The van der Waals surface area contributed by atoms with Crippen LogP contribution in [0.4, 0.5) is 0 Å². The van der Waals surface area contributed by atoms with Crippen molar-refractivity contribution in [1.82, 2.24) is 5.32 Å². The second-order valence-electron chi connectivity index (χ2n) is 3.68. The number of carbonyl (C=O) groups is 1. The lowest BCUT2D eigenvalue weighted by Gasteiger charge is -2.15. The molecule has 0 aliphatic carbocycles. The molecule has 13 heavy (non-hydrogen) atoms. The molecule has 1 aliphatic rings. The van der Waals surface area contributed by atoms with E-state index in [1.165, 1.54) is 0 Å². The van der Waals surface area contributed by atoms with Gasteiger partial charge in [0.05, 0.1) is 0 Å². The number of amides is 1. The quantitative estimate of drug-likeness (QED) is 0.680. The predicted octanol–water partition coefficient (Wildman–Crippen LogP) is 0.735. The van der Waals surface area contributed by atoms with Gasteiger partial charge in [-0.1, -0.05) is 6.92 Å². The molecule has 0 unspecified atom stereocenters. The average molecular weight is 198 g/mol. The highest BCUT2D eigenvalue weighted by molar-refractivity contribution is 6.48. The first-order chi connectivity index (χ1) is 5.95. The Hall–Kier alpha value is -0.843. The summed E-state index contributed by atoms with van der Waals surface area (Å²) in [6.07, 6.45) is 0. The van der Waals surface area contributed by atoms with Crippen molar-refractivity contribution in [2.24, 2.45) is 4.99 Å². The molecule has 0 fully saturated rings. The fourth-order valence-corrected chi connectivity index (χ4v) is 1.89. The van der Waals surface area contributed by atoms with Gasteiger partial charge < -0.3 is 9.78 Å². The molecule has 0 aromatic carbocycles. The average Bonchev–Trinajstić information content (AvgIpc) is 2.25. The number of nitrogens with zero attached hydrogens (tertiary/aromatic N) is 1.